The number of carbonyl (C=O) groups is 1. The van der Waals surface area contributed by atoms with Crippen LogP contribution in [0.1, 0.15) is 47.8 Å². The molecule has 0 unspecified atom stereocenters. The van der Waals surface area contributed by atoms with Crippen molar-refractivity contribution in [2.45, 2.75) is 38.8 Å². The summed E-state index contributed by atoms with van der Waals surface area (Å²) in [4.78, 5) is 18.2. The Morgan fingerprint density at radius 3 is 2.52 bits per heavy atom. The van der Waals surface area contributed by atoms with Gasteiger partial charge in [-0.2, -0.15) is 4.57 Å². The Hall–Kier alpha value is -2.31. The Morgan fingerprint density at radius 2 is 1.96 bits per heavy atom. The van der Waals surface area contributed by atoms with Crippen LogP contribution in [-0.4, -0.2) is 10.8 Å². The number of pyridine rings is 1. The summed E-state index contributed by atoms with van der Waals surface area (Å²) in [6, 6.07) is 10.7. The predicted molar refractivity (Wildman–Crippen MR) is 110 cm³/mol. The lowest BCUT2D eigenvalue weighted by Crippen LogP contribution is -2.47. The van der Waals surface area contributed by atoms with Crippen molar-refractivity contribution in [2.24, 2.45) is 4.99 Å². The Bertz CT molecular complexity index is 906. The summed E-state index contributed by atoms with van der Waals surface area (Å²) in [5.74, 6) is 0.666. The van der Waals surface area contributed by atoms with E-state index in [0.29, 0.717) is 22.2 Å². The van der Waals surface area contributed by atoms with Crippen molar-refractivity contribution in [1.82, 2.24) is 0 Å². The third-order valence-electron chi connectivity index (χ3n) is 4.23. The molecule has 1 atom stereocenters. The van der Waals surface area contributed by atoms with E-state index in [4.69, 9.17) is 17.0 Å². The van der Waals surface area contributed by atoms with Gasteiger partial charge in [0.15, 0.2) is 12.4 Å². The average molecular weight is 399 g/mol. The zero-order valence-corrected chi connectivity index (χ0v) is 17.2. The Morgan fingerprint density at radius 1 is 1.22 bits per heavy atom. The molecule has 3 heterocycles. The molecule has 140 valence electrons. The van der Waals surface area contributed by atoms with Gasteiger partial charge >= 0.3 is 0 Å². The highest BCUT2D eigenvalue weighted by atomic mass is 32.1. The number of rotatable bonds is 6. The fourth-order valence-corrected chi connectivity index (χ4v) is 3.67. The number of thiophene rings is 1. The van der Waals surface area contributed by atoms with Gasteiger partial charge in [-0.15, -0.1) is 11.3 Å². The van der Waals surface area contributed by atoms with Crippen LogP contribution in [0.15, 0.2) is 69.8 Å². The van der Waals surface area contributed by atoms with Gasteiger partial charge in [0.2, 0.25) is 11.8 Å². The van der Waals surface area contributed by atoms with Gasteiger partial charge in [-0.25, -0.2) is 0 Å². The van der Waals surface area contributed by atoms with E-state index in [0.717, 1.165) is 0 Å². The molecule has 3 aromatic rings. The Labute approximate surface area is 169 Å². The first-order valence-electron chi connectivity index (χ1n) is 8.69. The second-order valence-corrected chi connectivity index (χ2v) is 8.63. The number of aromatic nitrogens is 1. The maximum absolute atomic E-state index is 13.1. The van der Waals surface area contributed by atoms with Gasteiger partial charge in [-0.3, -0.25) is 4.79 Å². The highest BCUT2D eigenvalue weighted by Gasteiger charge is 2.29. The molecule has 6 heteroatoms. The fraction of sp³-hybridized carbons (Fsp3) is 0.286. The van der Waals surface area contributed by atoms with Crippen molar-refractivity contribution >= 4 is 34.8 Å². The molecule has 3 aromatic heterocycles. The van der Waals surface area contributed by atoms with E-state index < -0.39 is 6.04 Å². The van der Waals surface area contributed by atoms with Gasteiger partial charge in [-0.1, -0.05) is 26.8 Å². The van der Waals surface area contributed by atoms with Crippen LogP contribution in [0.4, 0.5) is 0 Å². The van der Waals surface area contributed by atoms with E-state index in [1.165, 1.54) is 16.9 Å². The molecule has 0 spiro atoms. The first-order valence-corrected chi connectivity index (χ1v) is 9.98. The van der Waals surface area contributed by atoms with Crippen LogP contribution >= 0.6 is 11.3 Å². The van der Waals surface area contributed by atoms with E-state index in [2.05, 4.69) is 25.8 Å². The highest BCUT2D eigenvalue weighted by molar-refractivity contribution is 7.77. The lowest BCUT2D eigenvalue weighted by atomic mass is 9.88. The van der Waals surface area contributed by atoms with E-state index >= 15 is 0 Å². The summed E-state index contributed by atoms with van der Waals surface area (Å²) in [5, 5.41) is 2.24. The summed E-state index contributed by atoms with van der Waals surface area (Å²) >= 11 is 6.95. The van der Waals surface area contributed by atoms with Crippen LogP contribution in [-0.2, 0) is 24.6 Å². The van der Waals surface area contributed by atoms with Gasteiger partial charge < -0.3 is 22.0 Å². The predicted octanol–water partition coefficient (Wildman–Crippen LogP) is 4.50. The van der Waals surface area contributed by atoms with Crippen molar-refractivity contribution in [3.63, 3.8) is 0 Å². The van der Waals surface area contributed by atoms with E-state index in [9.17, 15) is 4.79 Å². The monoisotopic (exact) mass is 398 g/mol. The molecule has 0 radical (unpaired) electrons. The number of aliphatic imine (C=N–C) groups is 1. The molecule has 4 nitrogen and oxygen atoms in total. The zero-order valence-electron chi connectivity index (χ0n) is 15.6. The third-order valence-corrected chi connectivity index (χ3v) is 5.47. The summed E-state index contributed by atoms with van der Waals surface area (Å²) < 4.78 is 7.15. The molecule has 0 saturated carbocycles. The van der Waals surface area contributed by atoms with Crippen LogP contribution < -0.4 is 4.57 Å². The smallest absolute Gasteiger partial charge is 0.244 e. The minimum absolute atomic E-state index is 0.0382. The SMILES string of the molecule is CC(C)(C)c1cc[n+]([C@H](C(=O)c2cccs2)C([S-])=NCc2ccco2)cc1. The molecule has 0 saturated heterocycles. The van der Waals surface area contributed by atoms with E-state index in [1.807, 2.05) is 58.7 Å². The summed E-state index contributed by atoms with van der Waals surface area (Å²) in [6.45, 7) is 6.79. The maximum Gasteiger partial charge on any atom is 0.244 e. The number of ketones is 1. The Balaban J connectivity index is 1.94. The number of carbonyl (C=O) groups excluding carboxylic acids is 1. The van der Waals surface area contributed by atoms with Crippen LogP contribution in [0.25, 0.3) is 0 Å². The second-order valence-electron chi connectivity index (χ2n) is 7.26. The lowest BCUT2D eigenvalue weighted by Gasteiger charge is -2.20. The molecular weight excluding hydrogens is 376 g/mol. The second kappa shape index (κ2) is 8.15. The first kappa shape index (κ1) is 19.5. The van der Waals surface area contributed by atoms with Crippen LogP contribution in [0.2, 0.25) is 0 Å². The van der Waals surface area contributed by atoms with Gasteiger partial charge in [-0.05, 0) is 39.6 Å². The van der Waals surface area contributed by atoms with Crippen molar-refractivity contribution in [2.75, 3.05) is 0 Å². The molecule has 0 amide bonds. The van der Waals surface area contributed by atoms with Gasteiger partial charge in [0.05, 0.1) is 17.7 Å². The molecule has 0 aliphatic carbocycles. The van der Waals surface area contributed by atoms with E-state index in [1.54, 1.807) is 6.26 Å². The number of Topliss-reactive ketones (excluding diaryl/α,β-unsaturated/α-hetero) is 1. The van der Waals surface area contributed by atoms with E-state index in [-0.39, 0.29) is 11.2 Å². The standard InChI is InChI=1S/C21H22N2O2S2/c1-21(2,3)15-8-10-23(11-9-15)18(19(24)17-7-5-13-27-17)20(26)22-14-16-6-4-12-25-16/h4-13,18H,14H2,1-3H3/t18-/m1/s1. The summed E-state index contributed by atoms with van der Waals surface area (Å²) in [5.41, 5.74) is 1.23. The van der Waals surface area contributed by atoms with Crippen molar-refractivity contribution in [3.05, 3.63) is 76.6 Å². The van der Waals surface area contributed by atoms with Crippen molar-refractivity contribution < 1.29 is 13.8 Å². The summed E-state index contributed by atoms with van der Waals surface area (Å²) in [6.07, 6.45) is 5.42. The molecular formula is C21H22N2O2S2. The van der Waals surface area contributed by atoms with Crippen LogP contribution in [0, 0.1) is 0 Å². The maximum atomic E-state index is 13.1. The third kappa shape index (κ3) is 4.70. The average Bonchev–Trinajstić information content (AvgIpc) is 3.33. The van der Waals surface area contributed by atoms with Gasteiger partial charge in [0.25, 0.3) is 0 Å². The van der Waals surface area contributed by atoms with Gasteiger partial charge in [0.1, 0.15) is 5.76 Å². The number of nitrogens with zero attached hydrogens (tertiary/aromatic N) is 2. The number of furan rings is 1. The highest BCUT2D eigenvalue weighted by Crippen LogP contribution is 2.21. The number of hydrogen-bond acceptors (Lipinski definition) is 5. The molecule has 0 bridgehead atoms. The largest absolute Gasteiger partial charge is 0.758 e. The fourth-order valence-electron chi connectivity index (χ4n) is 2.68. The zero-order chi connectivity index (χ0) is 19.4. The topological polar surface area (TPSA) is 46.5 Å². The number of hydrogen-bond donors (Lipinski definition) is 0. The van der Waals surface area contributed by atoms with Crippen LogP contribution in [0.3, 0.4) is 0 Å². The quantitative estimate of drug-likeness (QED) is 0.202. The van der Waals surface area contributed by atoms with Crippen molar-refractivity contribution in [1.29, 1.82) is 0 Å². The molecule has 3 rings (SSSR count). The van der Waals surface area contributed by atoms with Crippen LogP contribution in [0.5, 0.6) is 0 Å². The first-order chi connectivity index (χ1) is 12.9. The molecule has 0 fully saturated rings. The normalized spacial score (nSPS) is 13.5. The molecule has 0 aliphatic heterocycles. The lowest BCUT2D eigenvalue weighted by molar-refractivity contribution is -0.692. The molecule has 27 heavy (non-hydrogen) atoms. The molecule has 0 aliphatic rings. The Kier molecular flexibility index (Phi) is 5.87. The minimum atomic E-state index is -0.650. The van der Waals surface area contributed by atoms with Crippen molar-refractivity contribution in [3.8, 4) is 0 Å². The minimum Gasteiger partial charge on any atom is -0.758 e. The summed E-state index contributed by atoms with van der Waals surface area (Å²) in [7, 11) is 0. The molecule has 0 N–H and O–H groups in total. The molecule has 0 aromatic carbocycles. The van der Waals surface area contributed by atoms with Gasteiger partial charge in [0, 0.05) is 12.1 Å².